The molecule has 1 fully saturated rings. The van der Waals surface area contributed by atoms with Crippen LogP contribution in [0.2, 0.25) is 0 Å². The molecule has 0 aliphatic heterocycles. The summed E-state index contributed by atoms with van der Waals surface area (Å²) in [6.07, 6.45) is 11.8. The summed E-state index contributed by atoms with van der Waals surface area (Å²) in [6.45, 7) is 10.9. The average molecular weight is 206 g/mol. The van der Waals surface area contributed by atoms with Crippen molar-refractivity contribution in [2.75, 3.05) is 0 Å². The lowest BCUT2D eigenvalue weighted by Crippen LogP contribution is -2.27. The summed E-state index contributed by atoms with van der Waals surface area (Å²) >= 11 is 0. The molecule has 1 aliphatic carbocycles. The van der Waals surface area contributed by atoms with Crippen LogP contribution in [-0.2, 0) is 0 Å². The van der Waals surface area contributed by atoms with Crippen molar-refractivity contribution in [1.29, 1.82) is 0 Å². The lowest BCUT2D eigenvalue weighted by Gasteiger charge is -2.37. The molecule has 0 nitrogen and oxygen atoms in total. The molecule has 0 aromatic rings. The zero-order valence-corrected chi connectivity index (χ0v) is 10.6. The first-order chi connectivity index (χ1) is 7.15. The van der Waals surface area contributed by atoms with E-state index in [1.165, 1.54) is 25.7 Å². The molecular weight excluding hydrogens is 180 g/mol. The first-order valence-electron chi connectivity index (χ1n) is 6.42. The molecule has 0 radical (unpaired) electrons. The minimum absolute atomic E-state index is 0.847. The van der Waals surface area contributed by atoms with Gasteiger partial charge in [0.1, 0.15) is 0 Å². The van der Waals surface area contributed by atoms with E-state index in [-0.39, 0.29) is 0 Å². The van der Waals surface area contributed by atoms with Crippen LogP contribution in [0.4, 0.5) is 0 Å². The van der Waals surface area contributed by atoms with Gasteiger partial charge in [-0.05, 0) is 42.9 Å². The fraction of sp³-hybridized carbons (Fsp3) is 0.733. The highest BCUT2D eigenvalue weighted by Crippen LogP contribution is 2.39. The maximum absolute atomic E-state index is 3.73. The third kappa shape index (κ3) is 3.85. The van der Waals surface area contributed by atoms with Crippen molar-refractivity contribution in [3.63, 3.8) is 0 Å². The summed E-state index contributed by atoms with van der Waals surface area (Å²) in [6, 6.07) is 0. The SMILES string of the molecule is C=CC=CCC1CC(C)CCC1C(C)C. The topological polar surface area (TPSA) is 0 Å². The second kappa shape index (κ2) is 6.15. The largest absolute Gasteiger partial charge is 0.0991 e. The highest BCUT2D eigenvalue weighted by Gasteiger charge is 2.29. The summed E-state index contributed by atoms with van der Waals surface area (Å²) < 4.78 is 0. The van der Waals surface area contributed by atoms with E-state index >= 15 is 0 Å². The second-order valence-electron chi connectivity index (χ2n) is 5.49. The molecule has 15 heavy (non-hydrogen) atoms. The average Bonchev–Trinajstić information content (AvgIpc) is 2.18. The smallest absolute Gasteiger partial charge is 0.0316 e. The normalized spacial score (nSPS) is 32.4. The Morgan fingerprint density at radius 1 is 1.33 bits per heavy atom. The van der Waals surface area contributed by atoms with E-state index in [2.05, 4.69) is 39.5 Å². The van der Waals surface area contributed by atoms with Gasteiger partial charge in [-0.25, -0.2) is 0 Å². The number of allylic oxidation sites excluding steroid dienone is 3. The minimum atomic E-state index is 0.847. The summed E-state index contributed by atoms with van der Waals surface area (Å²) in [7, 11) is 0. The Kier molecular flexibility index (Phi) is 5.14. The summed E-state index contributed by atoms with van der Waals surface area (Å²) in [5.74, 6) is 3.63. The predicted octanol–water partition coefficient (Wildman–Crippen LogP) is 4.83. The second-order valence-corrected chi connectivity index (χ2v) is 5.49. The zero-order chi connectivity index (χ0) is 11.3. The van der Waals surface area contributed by atoms with Gasteiger partial charge >= 0.3 is 0 Å². The third-order valence-electron chi connectivity index (χ3n) is 3.87. The Morgan fingerprint density at radius 2 is 2.07 bits per heavy atom. The molecule has 3 atom stereocenters. The first-order valence-corrected chi connectivity index (χ1v) is 6.42. The van der Waals surface area contributed by atoms with E-state index in [1.807, 2.05) is 6.08 Å². The Hall–Kier alpha value is -0.520. The summed E-state index contributed by atoms with van der Waals surface area (Å²) in [5.41, 5.74) is 0. The quantitative estimate of drug-likeness (QED) is 0.578. The van der Waals surface area contributed by atoms with Crippen molar-refractivity contribution in [3.05, 3.63) is 24.8 Å². The Labute approximate surface area is 95.5 Å². The standard InChI is InChI=1S/C15H26/c1-5-6-7-8-14-11-13(4)9-10-15(14)12(2)3/h5-7,12-15H,1,8-11H2,2-4H3. The van der Waals surface area contributed by atoms with Crippen LogP contribution >= 0.6 is 0 Å². The molecule has 0 aromatic heterocycles. The van der Waals surface area contributed by atoms with E-state index in [1.54, 1.807) is 0 Å². The maximum atomic E-state index is 3.73. The Bertz CT molecular complexity index is 212. The van der Waals surface area contributed by atoms with Crippen LogP contribution in [0.1, 0.15) is 46.5 Å². The lowest BCUT2D eigenvalue weighted by atomic mass is 9.69. The van der Waals surface area contributed by atoms with Crippen LogP contribution in [0.15, 0.2) is 24.8 Å². The van der Waals surface area contributed by atoms with E-state index in [4.69, 9.17) is 0 Å². The van der Waals surface area contributed by atoms with Crippen molar-refractivity contribution in [2.45, 2.75) is 46.5 Å². The molecule has 86 valence electrons. The molecule has 0 N–H and O–H groups in total. The number of hydrogen-bond acceptors (Lipinski definition) is 0. The van der Waals surface area contributed by atoms with Crippen molar-refractivity contribution in [3.8, 4) is 0 Å². The van der Waals surface area contributed by atoms with Crippen molar-refractivity contribution >= 4 is 0 Å². The van der Waals surface area contributed by atoms with Gasteiger partial charge in [0.2, 0.25) is 0 Å². The van der Waals surface area contributed by atoms with Gasteiger partial charge in [-0.2, -0.15) is 0 Å². The van der Waals surface area contributed by atoms with Gasteiger partial charge in [-0.15, -0.1) is 0 Å². The van der Waals surface area contributed by atoms with E-state index in [0.717, 1.165) is 23.7 Å². The molecule has 0 amide bonds. The van der Waals surface area contributed by atoms with Crippen LogP contribution in [0, 0.1) is 23.7 Å². The van der Waals surface area contributed by atoms with Gasteiger partial charge in [0.05, 0.1) is 0 Å². The highest BCUT2D eigenvalue weighted by molar-refractivity contribution is 4.99. The molecule has 0 heterocycles. The van der Waals surface area contributed by atoms with Gasteiger partial charge in [0.25, 0.3) is 0 Å². The molecule has 0 bridgehead atoms. The molecule has 0 heteroatoms. The Balaban J connectivity index is 2.53. The van der Waals surface area contributed by atoms with Gasteiger partial charge in [0, 0.05) is 0 Å². The molecule has 0 saturated heterocycles. The molecule has 0 spiro atoms. The first kappa shape index (κ1) is 12.5. The Morgan fingerprint density at radius 3 is 2.67 bits per heavy atom. The molecule has 1 saturated carbocycles. The fourth-order valence-corrected chi connectivity index (χ4v) is 3.02. The molecular formula is C15H26. The van der Waals surface area contributed by atoms with E-state index in [9.17, 15) is 0 Å². The molecule has 1 rings (SSSR count). The summed E-state index contributed by atoms with van der Waals surface area (Å²) in [4.78, 5) is 0. The van der Waals surface area contributed by atoms with Crippen molar-refractivity contribution < 1.29 is 0 Å². The molecule has 1 aliphatic rings. The van der Waals surface area contributed by atoms with Gasteiger partial charge < -0.3 is 0 Å². The number of rotatable bonds is 4. The number of hydrogen-bond donors (Lipinski definition) is 0. The van der Waals surface area contributed by atoms with Crippen LogP contribution in [0.3, 0.4) is 0 Å². The predicted molar refractivity (Wildman–Crippen MR) is 68.8 cm³/mol. The minimum Gasteiger partial charge on any atom is -0.0991 e. The van der Waals surface area contributed by atoms with Crippen LogP contribution in [0.25, 0.3) is 0 Å². The van der Waals surface area contributed by atoms with Gasteiger partial charge in [-0.1, -0.05) is 52.0 Å². The van der Waals surface area contributed by atoms with Crippen molar-refractivity contribution in [1.82, 2.24) is 0 Å². The maximum Gasteiger partial charge on any atom is -0.0316 e. The van der Waals surface area contributed by atoms with E-state index < -0.39 is 0 Å². The van der Waals surface area contributed by atoms with Gasteiger partial charge in [-0.3, -0.25) is 0 Å². The van der Waals surface area contributed by atoms with Crippen molar-refractivity contribution in [2.24, 2.45) is 23.7 Å². The van der Waals surface area contributed by atoms with Crippen LogP contribution in [-0.4, -0.2) is 0 Å². The molecule has 0 aromatic carbocycles. The van der Waals surface area contributed by atoms with Crippen LogP contribution < -0.4 is 0 Å². The monoisotopic (exact) mass is 206 g/mol. The van der Waals surface area contributed by atoms with Crippen LogP contribution in [0.5, 0.6) is 0 Å². The summed E-state index contributed by atoms with van der Waals surface area (Å²) in [5, 5.41) is 0. The fourth-order valence-electron chi connectivity index (χ4n) is 3.02. The highest BCUT2D eigenvalue weighted by atomic mass is 14.3. The zero-order valence-electron chi connectivity index (χ0n) is 10.6. The lowest BCUT2D eigenvalue weighted by molar-refractivity contribution is 0.146. The van der Waals surface area contributed by atoms with Gasteiger partial charge in [0.15, 0.2) is 0 Å². The third-order valence-corrected chi connectivity index (χ3v) is 3.87. The molecule has 3 unspecified atom stereocenters. The van der Waals surface area contributed by atoms with E-state index in [0.29, 0.717) is 0 Å².